The second-order valence-corrected chi connectivity index (χ2v) is 4.76. The highest BCUT2D eigenvalue weighted by Gasteiger charge is 2.23. The molecule has 0 N–H and O–H groups in total. The Balaban J connectivity index is 1.97. The van der Waals surface area contributed by atoms with Gasteiger partial charge in [-0.05, 0) is 37.9 Å². The maximum Gasteiger partial charge on any atom is 0.120 e. The summed E-state index contributed by atoms with van der Waals surface area (Å²) in [5, 5.41) is 0. The van der Waals surface area contributed by atoms with E-state index in [0.717, 1.165) is 25.3 Å². The van der Waals surface area contributed by atoms with E-state index in [1.807, 2.05) is 6.07 Å². The molecule has 1 saturated heterocycles. The molecule has 0 radical (unpaired) electrons. The molecular weight excluding hydrogens is 214 g/mol. The number of furan rings is 1. The van der Waals surface area contributed by atoms with Crippen molar-refractivity contribution in [2.24, 2.45) is 0 Å². The second-order valence-electron chi connectivity index (χ2n) is 4.76. The first-order valence-electron chi connectivity index (χ1n) is 6.68. The lowest BCUT2D eigenvalue weighted by Crippen LogP contribution is -2.30. The maximum absolute atomic E-state index is 5.59. The van der Waals surface area contributed by atoms with Crippen molar-refractivity contribution in [3.8, 4) is 0 Å². The molecule has 2 rings (SSSR count). The summed E-state index contributed by atoms with van der Waals surface area (Å²) in [6.45, 7) is 3.15. The van der Waals surface area contributed by atoms with Crippen LogP contribution in [0.5, 0.6) is 0 Å². The minimum atomic E-state index is 0.476. The third-order valence-corrected chi connectivity index (χ3v) is 3.53. The smallest absolute Gasteiger partial charge is 0.120 e. The lowest BCUT2D eigenvalue weighted by molar-refractivity contribution is 0.140. The molecule has 2 heterocycles. The Morgan fingerprint density at radius 1 is 1.41 bits per heavy atom. The number of ether oxygens (including phenoxy) is 1. The zero-order chi connectivity index (χ0) is 11.9. The molecule has 1 fully saturated rings. The normalized spacial score (nSPS) is 22.5. The van der Waals surface area contributed by atoms with Crippen LogP contribution in [0.2, 0.25) is 0 Å². The number of rotatable bonds is 5. The first kappa shape index (κ1) is 12.7. The minimum absolute atomic E-state index is 0.476. The van der Waals surface area contributed by atoms with Gasteiger partial charge in [-0.1, -0.05) is 12.8 Å². The Morgan fingerprint density at radius 3 is 3.12 bits per heavy atom. The van der Waals surface area contributed by atoms with Gasteiger partial charge in [0.05, 0.1) is 12.3 Å². The molecule has 96 valence electrons. The lowest BCUT2D eigenvalue weighted by atomic mass is 10.1. The number of hydrogen-bond acceptors (Lipinski definition) is 3. The average Bonchev–Trinajstić information content (AvgIpc) is 2.77. The first-order chi connectivity index (χ1) is 8.42. The molecule has 0 bridgehead atoms. The van der Waals surface area contributed by atoms with Crippen LogP contribution in [-0.2, 0) is 4.74 Å². The summed E-state index contributed by atoms with van der Waals surface area (Å²) in [6, 6.07) is 4.58. The van der Waals surface area contributed by atoms with Gasteiger partial charge >= 0.3 is 0 Å². The van der Waals surface area contributed by atoms with E-state index in [-0.39, 0.29) is 0 Å². The van der Waals surface area contributed by atoms with Gasteiger partial charge in [0.1, 0.15) is 5.76 Å². The molecule has 0 aromatic carbocycles. The van der Waals surface area contributed by atoms with Crippen molar-refractivity contribution < 1.29 is 9.15 Å². The van der Waals surface area contributed by atoms with Crippen LogP contribution >= 0.6 is 0 Å². The fourth-order valence-electron chi connectivity index (χ4n) is 2.65. The van der Waals surface area contributed by atoms with E-state index >= 15 is 0 Å². The van der Waals surface area contributed by atoms with E-state index in [4.69, 9.17) is 9.15 Å². The number of nitrogens with zero attached hydrogens (tertiary/aromatic N) is 1. The van der Waals surface area contributed by atoms with Crippen LogP contribution in [0.25, 0.3) is 0 Å². The van der Waals surface area contributed by atoms with E-state index in [0.29, 0.717) is 6.04 Å². The molecule has 3 heteroatoms. The van der Waals surface area contributed by atoms with Gasteiger partial charge in [0.25, 0.3) is 0 Å². The first-order valence-corrected chi connectivity index (χ1v) is 6.68. The summed E-state index contributed by atoms with van der Waals surface area (Å²) in [6.07, 6.45) is 8.08. The van der Waals surface area contributed by atoms with Crippen molar-refractivity contribution in [3.05, 3.63) is 24.2 Å². The molecule has 1 unspecified atom stereocenters. The third kappa shape index (κ3) is 3.58. The molecule has 1 aliphatic rings. The van der Waals surface area contributed by atoms with E-state index < -0.39 is 0 Å². The van der Waals surface area contributed by atoms with Gasteiger partial charge in [-0.2, -0.15) is 0 Å². The highest BCUT2D eigenvalue weighted by Crippen LogP contribution is 2.30. The number of hydrogen-bond donors (Lipinski definition) is 0. The Morgan fingerprint density at radius 2 is 2.35 bits per heavy atom. The summed E-state index contributed by atoms with van der Waals surface area (Å²) in [7, 11) is 1.77. The fourth-order valence-corrected chi connectivity index (χ4v) is 2.65. The van der Waals surface area contributed by atoms with Gasteiger partial charge in [-0.3, -0.25) is 4.90 Å². The summed E-state index contributed by atoms with van der Waals surface area (Å²) in [5.41, 5.74) is 0. The summed E-state index contributed by atoms with van der Waals surface area (Å²) < 4.78 is 10.7. The Labute approximate surface area is 104 Å². The van der Waals surface area contributed by atoms with Crippen LogP contribution < -0.4 is 0 Å². The van der Waals surface area contributed by atoms with Gasteiger partial charge in [0.2, 0.25) is 0 Å². The maximum atomic E-state index is 5.59. The van der Waals surface area contributed by atoms with Crippen LogP contribution in [0.4, 0.5) is 0 Å². The minimum Gasteiger partial charge on any atom is -0.468 e. The van der Waals surface area contributed by atoms with Crippen LogP contribution in [-0.4, -0.2) is 31.7 Å². The molecule has 0 amide bonds. The van der Waals surface area contributed by atoms with E-state index in [1.54, 1.807) is 13.4 Å². The largest absolute Gasteiger partial charge is 0.468 e. The highest BCUT2D eigenvalue weighted by molar-refractivity contribution is 5.05. The number of likely N-dealkylation sites (tertiary alicyclic amines) is 1. The molecular formula is C14H23NO2. The number of methoxy groups -OCH3 is 1. The molecule has 1 aromatic heterocycles. The van der Waals surface area contributed by atoms with Gasteiger partial charge in [0, 0.05) is 20.3 Å². The van der Waals surface area contributed by atoms with E-state index in [9.17, 15) is 0 Å². The predicted molar refractivity (Wildman–Crippen MR) is 68.0 cm³/mol. The predicted octanol–water partition coefficient (Wildman–Crippen LogP) is 3.23. The van der Waals surface area contributed by atoms with E-state index in [1.165, 1.54) is 32.2 Å². The summed E-state index contributed by atoms with van der Waals surface area (Å²) >= 11 is 0. The van der Waals surface area contributed by atoms with Crippen molar-refractivity contribution in [3.63, 3.8) is 0 Å². The quantitative estimate of drug-likeness (QED) is 0.735. The molecule has 1 aromatic rings. The van der Waals surface area contributed by atoms with Crippen molar-refractivity contribution in [2.75, 3.05) is 26.8 Å². The van der Waals surface area contributed by atoms with Gasteiger partial charge in [-0.25, -0.2) is 0 Å². The zero-order valence-corrected chi connectivity index (χ0v) is 10.7. The molecule has 0 saturated carbocycles. The molecule has 1 aliphatic heterocycles. The monoisotopic (exact) mass is 237 g/mol. The molecule has 3 nitrogen and oxygen atoms in total. The van der Waals surface area contributed by atoms with E-state index in [2.05, 4.69) is 11.0 Å². The Bertz CT molecular complexity index is 297. The highest BCUT2D eigenvalue weighted by atomic mass is 16.5. The Kier molecular flexibility index (Phi) is 5.08. The topological polar surface area (TPSA) is 25.6 Å². The summed E-state index contributed by atoms with van der Waals surface area (Å²) in [4.78, 5) is 2.56. The SMILES string of the molecule is COCCCN1CCCCCC1c1ccco1. The van der Waals surface area contributed by atoms with Crippen LogP contribution in [0, 0.1) is 0 Å². The van der Waals surface area contributed by atoms with Gasteiger partial charge in [-0.15, -0.1) is 0 Å². The van der Waals surface area contributed by atoms with Crippen molar-refractivity contribution in [1.82, 2.24) is 4.90 Å². The molecule has 0 aliphatic carbocycles. The van der Waals surface area contributed by atoms with Crippen LogP contribution in [0.1, 0.15) is 43.9 Å². The molecule has 0 spiro atoms. The van der Waals surface area contributed by atoms with Crippen LogP contribution in [0.15, 0.2) is 22.8 Å². The van der Waals surface area contributed by atoms with Crippen molar-refractivity contribution >= 4 is 0 Å². The molecule has 1 atom stereocenters. The van der Waals surface area contributed by atoms with Crippen molar-refractivity contribution in [1.29, 1.82) is 0 Å². The standard InChI is InChI=1S/C14H23NO2/c1-16-11-6-10-15-9-4-2-3-7-13(15)14-8-5-12-17-14/h5,8,12-13H,2-4,6-7,9-11H2,1H3. The average molecular weight is 237 g/mol. The Hall–Kier alpha value is -0.800. The van der Waals surface area contributed by atoms with Crippen LogP contribution in [0.3, 0.4) is 0 Å². The molecule has 17 heavy (non-hydrogen) atoms. The van der Waals surface area contributed by atoms with Gasteiger partial charge < -0.3 is 9.15 Å². The lowest BCUT2D eigenvalue weighted by Gasteiger charge is -2.28. The van der Waals surface area contributed by atoms with Gasteiger partial charge in [0.15, 0.2) is 0 Å². The third-order valence-electron chi connectivity index (χ3n) is 3.53. The fraction of sp³-hybridized carbons (Fsp3) is 0.714. The summed E-state index contributed by atoms with van der Waals surface area (Å²) in [5.74, 6) is 1.13. The zero-order valence-electron chi connectivity index (χ0n) is 10.7. The second kappa shape index (κ2) is 6.82. The van der Waals surface area contributed by atoms with Crippen molar-refractivity contribution in [2.45, 2.75) is 38.1 Å².